The number of ketones is 1. The van der Waals surface area contributed by atoms with E-state index < -0.39 is 17.4 Å². The average molecular weight is 272 g/mol. The Bertz CT molecular complexity index is 650. The smallest absolute Gasteiger partial charge is 0.348 e. The second-order valence-electron chi connectivity index (χ2n) is 4.26. The Hall–Kier alpha value is -2.66. The summed E-state index contributed by atoms with van der Waals surface area (Å²) in [6, 6.07) is 12.6. The minimum absolute atomic E-state index is 0.0701. The first-order valence-electron chi connectivity index (χ1n) is 5.81. The molecule has 0 saturated heterocycles. The van der Waals surface area contributed by atoms with Gasteiger partial charge in [0.25, 0.3) is 5.60 Å². The van der Waals surface area contributed by atoms with E-state index in [2.05, 4.69) is 0 Å². The van der Waals surface area contributed by atoms with Gasteiger partial charge in [0.15, 0.2) is 0 Å². The fraction of sp³-hybridized carbons (Fsp3) is 0.0667. The molecule has 2 rings (SSSR count). The molecule has 1 unspecified atom stereocenters. The molecule has 0 amide bonds. The van der Waals surface area contributed by atoms with E-state index in [9.17, 15) is 24.9 Å². The zero-order valence-corrected chi connectivity index (χ0v) is 10.4. The third kappa shape index (κ3) is 2.26. The van der Waals surface area contributed by atoms with Crippen LogP contribution in [0.15, 0.2) is 54.6 Å². The van der Waals surface area contributed by atoms with Gasteiger partial charge in [0.2, 0.25) is 5.78 Å². The first-order chi connectivity index (χ1) is 9.46. The highest BCUT2D eigenvalue weighted by Gasteiger charge is 2.46. The number of rotatable bonds is 4. The third-order valence-corrected chi connectivity index (χ3v) is 2.94. The molecule has 0 aromatic heterocycles. The number of benzene rings is 2. The summed E-state index contributed by atoms with van der Waals surface area (Å²) in [5, 5.41) is 29.0. The largest absolute Gasteiger partial charge is 0.508 e. The monoisotopic (exact) mass is 272 g/mol. The van der Waals surface area contributed by atoms with Crippen LogP contribution in [0, 0.1) is 0 Å². The molecule has 0 heterocycles. The van der Waals surface area contributed by atoms with Gasteiger partial charge in [-0.15, -0.1) is 0 Å². The van der Waals surface area contributed by atoms with Crippen molar-refractivity contribution in [1.29, 1.82) is 0 Å². The number of hydrogen-bond donors (Lipinski definition) is 3. The summed E-state index contributed by atoms with van der Waals surface area (Å²) in [5.74, 6) is -2.89. The summed E-state index contributed by atoms with van der Waals surface area (Å²) < 4.78 is 0. The third-order valence-electron chi connectivity index (χ3n) is 2.94. The highest BCUT2D eigenvalue weighted by molar-refractivity contribution is 6.15. The second kappa shape index (κ2) is 5.14. The van der Waals surface area contributed by atoms with Crippen molar-refractivity contribution in [1.82, 2.24) is 0 Å². The van der Waals surface area contributed by atoms with Crippen LogP contribution in [-0.4, -0.2) is 27.1 Å². The summed E-state index contributed by atoms with van der Waals surface area (Å²) in [6.07, 6.45) is 0. The van der Waals surface area contributed by atoms with Crippen molar-refractivity contribution in [2.45, 2.75) is 5.60 Å². The predicted molar refractivity (Wildman–Crippen MR) is 70.4 cm³/mol. The number of carbonyl (C=O) groups excluding carboxylic acids is 1. The van der Waals surface area contributed by atoms with Crippen molar-refractivity contribution in [3.8, 4) is 5.75 Å². The van der Waals surface area contributed by atoms with Crippen LogP contribution in [0.5, 0.6) is 5.75 Å². The topological polar surface area (TPSA) is 94.8 Å². The highest BCUT2D eigenvalue weighted by Crippen LogP contribution is 2.28. The summed E-state index contributed by atoms with van der Waals surface area (Å²) in [7, 11) is 0. The number of phenols is 1. The Morgan fingerprint density at radius 3 is 2.15 bits per heavy atom. The van der Waals surface area contributed by atoms with Crippen LogP contribution < -0.4 is 0 Å². The fourth-order valence-corrected chi connectivity index (χ4v) is 1.88. The van der Waals surface area contributed by atoms with E-state index in [-0.39, 0.29) is 16.9 Å². The number of aliphatic hydroxyl groups is 1. The van der Waals surface area contributed by atoms with Crippen molar-refractivity contribution < 1.29 is 24.9 Å². The van der Waals surface area contributed by atoms with Crippen molar-refractivity contribution in [3.05, 3.63) is 65.7 Å². The van der Waals surface area contributed by atoms with E-state index in [1.54, 1.807) is 18.2 Å². The van der Waals surface area contributed by atoms with Gasteiger partial charge in [-0.05, 0) is 12.1 Å². The first kappa shape index (κ1) is 13.8. The number of carboxylic acids is 1. The number of phenolic OH excluding ortho intramolecular Hbond substituents is 1. The molecule has 0 radical (unpaired) electrons. The lowest BCUT2D eigenvalue weighted by atomic mass is 9.86. The van der Waals surface area contributed by atoms with Gasteiger partial charge >= 0.3 is 5.97 Å². The maximum atomic E-state index is 12.3. The second-order valence-corrected chi connectivity index (χ2v) is 4.26. The van der Waals surface area contributed by atoms with Gasteiger partial charge in [-0.1, -0.05) is 42.5 Å². The number of hydrogen-bond acceptors (Lipinski definition) is 4. The summed E-state index contributed by atoms with van der Waals surface area (Å²) >= 11 is 0. The predicted octanol–water partition coefficient (Wildman–Crippen LogP) is 1.55. The van der Waals surface area contributed by atoms with Gasteiger partial charge in [-0.25, -0.2) is 4.79 Å². The van der Waals surface area contributed by atoms with Gasteiger partial charge < -0.3 is 15.3 Å². The molecule has 2 aromatic rings. The molecular weight excluding hydrogens is 260 g/mol. The molecule has 3 N–H and O–H groups in total. The molecule has 0 spiro atoms. The molecule has 0 fully saturated rings. The van der Waals surface area contributed by atoms with E-state index in [1.807, 2.05) is 0 Å². The standard InChI is InChI=1S/C15H12O5/c16-12-8-4-7-11(9-12)15(20,14(18)19)13(17)10-5-2-1-3-6-10/h1-9,16,20H,(H,18,19). The van der Waals surface area contributed by atoms with Gasteiger partial charge in [-0.3, -0.25) is 4.79 Å². The number of carboxylic acid groups (broad SMARTS) is 1. The maximum Gasteiger partial charge on any atom is 0.348 e. The van der Waals surface area contributed by atoms with Crippen molar-refractivity contribution in [2.24, 2.45) is 0 Å². The number of Topliss-reactive ketones (excluding diaryl/α,β-unsaturated/α-hetero) is 1. The SMILES string of the molecule is O=C(O)C(O)(C(=O)c1ccccc1)c1cccc(O)c1. The Balaban J connectivity index is 2.56. The van der Waals surface area contributed by atoms with Gasteiger partial charge in [0.05, 0.1) is 0 Å². The molecule has 20 heavy (non-hydrogen) atoms. The van der Waals surface area contributed by atoms with E-state index in [0.29, 0.717) is 0 Å². The molecule has 102 valence electrons. The molecule has 0 aliphatic carbocycles. The maximum absolute atomic E-state index is 12.3. The minimum atomic E-state index is -2.74. The highest BCUT2D eigenvalue weighted by atomic mass is 16.4. The van der Waals surface area contributed by atoms with Crippen LogP contribution in [0.2, 0.25) is 0 Å². The molecule has 2 aromatic carbocycles. The quantitative estimate of drug-likeness (QED) is 0.579. The zero-order chi connectivity index (χ0) is 14.8. The van der Waals surface area contributed by atoms with Crippen LogP contribution in [0.25, 0.3) is 0 Å². The van der Waals surface area contributed by atoms with Crippen LogP contribution in [-0.2, 0) is 10.4 Å². The van der Waals surface area contributed by atoms with E-state index in [1.165, 1.54) is 30.3 Å². The molecular formula is C15H12O5. The van der Waals surface area contributed by atoms with E-state index >= 15 is 0 Å². The Morgan fingerprint density at radius 1 is 0.950 bits per heavy atom. The Labute approximate surface area is 114 Å². The van der Waals surface area contributed by atoms with Gasteiger partial charge in [0, 0.05) is 11.1 Å². The van der Waals surface area contributed by atoms with Crippen molar-refractivity contribution >= 4 is 11.8 Å². The lowest BCUT2D eigenvalue weighted by Gasteiger charge is -2.22. The molecule has 1 atom stereocenters. The summed E-state index contributed by atoms with van der Waals surface area (Å²) in [6.45, 7) is 0. The average Bonchev–Trinajstić information content (AvgIpc) is 2.46. The summed E-state index contributed by atoms with van der Waals surface area (Å²) in [4.78, 5) is 23.7. The lowest BCUT2D eigenvalue weighted by Crippen LogP contribution is -2.43. The first-order valence-corrected chi connectivity index (χ1v) is 5.81. The molecule has 0 aliphatic rings. The molecule has 0 bridgehead atoms. The molecule has 5 heteroatoms. The summed E-state index contributed by atoms with van der Waals surface area (Å²) in [5.41, 5.74) is -2.86. The number of carbonyl (C=O) groups is 2. The Morgan fingerprint density at radius 2 is 1.60 bits per heavy atom. The molecule has 5 nitrogen and oxygen atoms in total. The van der Waals surface area contributed by atoms with Gasteiger partial charge in [0.1, 0.15) is 5.75 Å². The number of aliphatic carboxylic acids is 1. The van der Waals surface area contributed by atoms with Crippen LogP contribution in [0.1, 0.15) is 15.9 Å². The minimum Gasteiger partial charge on any atom is -0.508 e. The van der Waals surface area contributed by atoms with E-state index in [0.717, 1.165) is 6.07 Å². The van der Waals surface area contributed by atoms with Crippen molar-refractivity contribution in [3.63, 3.8) is 0 Å². The van der Waals surface area contributed by atoms with Crippen LogP contribution in [0.3, 0.4) is 0 Å². The zero-order valence-electron chi connectivity index (χ0n) is 10.4. The van der Waals surface area contributed by atoms with Crippen LogP contribution in [0.4, 0.5) is 0 Å². The number of aromatic hydroxyl groups is 1. The van der Waals surface area contributed by atoms with Gasteiger partial charge in [-0.2, -0.15) is 0 Å². The molecule has 0 saturated carbocycles. The normalized spacial score (nSPS) is 13.4. The fourth-order valence-electron chi connectivity index (χ4n) is 1.88. The molecule has 0 aliphatic heterocycles. The van der Waals surface area contributed by atoms with E-state index in [4.69, 9.17) is 0 Å². The van der Waals surface area contributed by atoms with Crippen LogP contribution >= 0.6 is 0 Å². The van der Waals surface area contributed by atoms with Crippen molar-refractivity contribution in [2.75, 3.05) is 0 Å². The Kier molecular flexibility index (Phi) is 3.54. The lowest BCUT2D eigenvalue weighted by molar-refractivity contribution is -0.154.